The molecule has 0 saturated heterocycles. The van der Waals surface area contributed by atoms with E-state index >= 15 is 0 Å². The van der Waals surface area contributed by atoms with Gasteiger partial charge in [0.2, 0.25) is 0 Å². The number of pyridine rings is 1. The Morgan fingerprint density at radius 2 is 1.77 bits per heavy atom. The SMILES string of the molecule is CCOC(=O)c1cc(S(=O)(=O)Nc2ccc(Cl)cc2)ccc1Oc1cncc(Cl)c1. The number of rotatable bonds is 7. The number of hydrogen-bond donors (Lipinski definition) is 1. The lowest BCUT2D eigenvalue weighted by molar-refractivity contribution is 0.0523. The molecule has 2 aromatic carbocycles. The highest BCUT2D eigenvalue weighted by molar-refractivity contribution is 7.92. The van der Waals surface area contributed by atoms with Crippen molar-refractivity contribution in [2.75, 3.05) is 11.3 Å². The maximum Gasteiger partial charge on any atom is 0.341 e. The van der Waals surface area contributed by atoms with Gasteiger partial charge in [0.05, 0.1) is 22.7 Å². The van der Waals surface area contributed by atoms with Crippen molar-refractivity contribution in [2.24, 2.45) is 0 Å². The summed E-state index contributed by atoms with van der Waals surface area (Å²) >= 11 is 11.7. The number of halogens is 2. The molecule has 0 atom stereocenters. The van der Waals surface area contributed by atoms with Crippen molar-refractivity contribution in [3.05, 3.63) is 76.5 Å². The molecule has 0 fully saturated rings. The molecule has 0 saturated carbocycles. The summed E-state index contributed by atoms with van der Waals surface area (Å²) in [4.78, 5) is 16.2. The molecule has 7 nitrogen and oxygen atoms in total. The largest absolute Gasteiger partial charge is 0.462 e. The van der Waals surface area contributed by atoms with E-state index in [4.69, 9.17) is 32.7 Å². The molecule has 156 valence electrons. The fraction of sp³-hybridized carbons (Fsp3) is 0.100. The molecule has 0 aliphatic carbocycles. The zero-order valence-corrected chi connectivity index (χ0v) is 18.0. The first kappa shape index (κ1) is 21.9. The van der Waals surface area contributed by atoms with E-state index in [-0.39, 0.29) is 28.6 Å². The van der Waals surface area contributed by atoms with E-state index in [0.717, 1.165) is 0 Å². The van der Waals surface area contributed by atoms with Crippen LogP contribution in [0.3, 0.4) is 0 Å². The number of hydrogen-bond acceptors (Lipinski definition) is 6. The summed E-state index contributed by atoms with van der Waals surface area (Å²) in [5, 5.41) is 0.816. The van der Waals surface area contributed by atoms with Gasteiger partial charge in [-0.2, -0.15) is 0 Å². The summed E-state index contributed by atoms with van der Waals surface area (Å²) in [6.45, 7) is 1.75. The quantitative estimate of drug-likeness (QED) is 0.483. The smallest absolute Gasteiger partial charge is 0.341 e. The number of anilines is 1. The normalized spacial score (nSPS) is 11.0. The second kappa shape index (κ2) is 9.34. The van der Waals surface area contributed by atoms with Gasteiger partial charge in [0, 0.05) is 23.0 Å². The molecule has 0 radical (unpaired) electrons. The molecule has 0 unspecified atom stereocenters. The van der Waals surface area contributed by atoms with Crippen LogP contribution in [-0.2, 0) is 14.8 Å². The number of sulfonamides is 1. The lowest BCUT2D eigenvalue weighted by atomic mass is 10.2. The van der Waals surface area contributed by atoms with Crippen molar-refractivity contribution in [1.29, 1.82) is 0 Å². The van der Waals surface area contributed by atoms with Crippen LogP contribution in [0, 0.1) is 0 Å². The highest BCUT2D eigenvalue weighted by Gasteiger charge is 2.21. The van der Waals surface area contributed by atoms with Gasteiger partial charge < -0.3 is 9.47 Å². The van der Waals surface area contributed by atoms with Crippen molar-refractivity contribution in [3.8, 4) is 11.5 Å². The molecular formula is C20H16Cl2N2O5S. The zero-order chi connectivity index (χ0) is 21.7. The van der Waals surface area contributed by atoms with E-state index in [1.807, 2.05) is 0 Å². The lowest BCUT2D eigenvalue weighted by Gasteiger charge is -2.13. The predicted molar refractivity (Wildman–Crippen MR) is 114 cm³/mol. The van der Waals surface area contributed by atoms with Gasteiger partial charge in [0.15, 0.2) is 0 Å². The van der Waals surface area contributed by atoms with Crippen molar-refractivity contribution in [2.45, 2.75) is 11.8 Å². The average Bonchev–Trinajstić information content (AvgIpc) is 2.70. The molecule has 1 N–H and O–H groups in total. The minimum Gasteiger partial charge on any atom is -0.462 e. The van der Waals surface area contributed by atoms with E-state index in [2.05, 4.69) is 9.71 Å². The van der Waals surface area contributed by atoms with Gasteiger partial charge in [-0.1, -0.05) is 23.2 Å². The summed E-state index contributed by atoms with van der Waals surface area (Å²) in [6.07, 6.45) is 2.84. The first-order chi connectivity index (χ1) is 14.3. The van der Waals surface area contributed by atoms with Crippen LogP contribution in [0.15, 0.2) is 65.8 Å². The van der Waals surface area contributed by atoms with E-state index < -0.39 is 16.0 Å². The Morgan fingerprint density at radius 1 is 1.03 bits per heavy atom. The molecule has 1 heterocycles. The van der Waals surface area contributed by atoms with Gasteiger partial charge in [-0.05, 0) is 49.4 Å². The number of nitrogens with one attached hydrogen (secondary N) is 1. The summed E-state index contributed by atoms with van der Waals surface area (Å²) in [7, 11) is -3.98. The third-order valence-corrected chi connectivity index (χ3v) is 5.60. The van der Waals surface area contributed by atoms with Crippen LogP contribution >= 0.6 is 23.2 Å². The standard InChI is InChI=1S/C20H16Cl2N2O5S/c1-2-28-20(25)18-10-17(30(26,27)24-15-5-3-13(21)4-6-15)7-8-19(18)29-16-9-14(22)11-23-12-16/h3-12,24H,2H2,1H3. The van der Waals surface area contributed by atoms with Gasteiger partial charge >= 0.3 is 5.97 Å². The highest BCUT2D eigenvalue weighted by atomic mass is 35.5. The van der Waals surface area contributed by atoms with Gasteiger partial charge in [0.1, 0.15) is 17.1 Å². The summed E-state index contributed by atoms with van der Waals surface area (Å²) < 4.78 is 38.7. The van der Waals surface area contributed by atoms with Crippen LogP contribution < -0.4 is 9.46 Å². The molecule has 1 aromatic heterocycles. The number of ether oxygens (including phenoxy) is 2. The molecule has 30 heavy (non-hydrogen) atoms. The third-order valence-electron chi connectivity index (χ3n) is 3.76. The molecule has 3 aromatic rings. The van der Waals surface area contributed by atoms with Crippen LogP contribution in [0.4, 0.5) is 5.69 Å². The van der Waals surface area contributed by atoms with Crippen LogP contribution in [0.25, 0.3) is 0 Å². The Morgan fingerprint density at radius 3 is 2.43 bits per heavy atom. The first-order valence-corrected chi connectivity index (χ1v) is 10.9. The molecule has 0 amide bonds. The molecular weight excluding hydrogens is 451 g/mol. The number of carbonyl (C=O) groups is 1. The molecule has 0 spiro atoms. The van der Waals surface area contributed by atoms with Crippen LogP contribution in [0.2, 0.25) is 10.0 Å². The second-order valence-electron chi connectivity index (χ2n) is 5.93. The van der Waals surface area contributed by atoms with Gasteiger partial charge in [-0.25, -0.2) is 13.2 Å². The molecule has 0 bridgehead atoms. The molecule has 10 heteroatoms. The maximum absolute atomic E-state index is 12.8. The topological polar surface area (TPSA) is 94.6 Å². The van der Waals surface area contributed by atoms with Crippen LogP contribution in [0.1, 0.15) is 17.3 Å². The Hall–Kier alpha value is -2.81. The second-order valence-corrected chi connectivity index (χ2v) is 8.49. The Bertz CT molecular complexity index is 1170. The third kappa shape index (κ3) is 5.41. The van der Waals surface area contributed by atoms with Gasteiger partial charge in [-0.3, -0.25) is 9.71 Å². The molecule has 3 rings (SSSR count). The summed E-state index contributed by atoms with van der Waals surface area (Å²) in [5.41, 5.74) is 0.262. The summed E-state index contributed by atoms with van der Waals surface area (Å²) in [6, 6.07) is 11.5. The number of benzene rings is 2. The maximum atomic E-state index is 12.8. The van der Waals surface area contributed by atoms with Crippen LogP contribution in [-0.4, -0.2) is 26.0 Å². The number of esters is 1. The van der Waals surface area contributed by atoms with E-state index in [1.54, 1.807) is 19.1 Å². The Balaban J connectivity index is 1.96. The number of nitrogens with zero attached hydrogens (tertiary/aromatic N) is 1. The fourth-order valence-electron chi connectivity index (χ4n) is 2.44. The van der Waals surface area contributed by atoms with E-state index in [9.17, 15) is 13.2 Å². The fourth-order valence-corrected chi connectivity index (χ4v) is 3.82. The monoisotopic (exact) mass is 466 g/mol. The first-order valence-electron chi connectivity index (χ1n) is 8.66. The number of carbonyl (C=O) groups excluding carboxylic acids is 1. The average molecular weight is 467 g/mol. The summed E-state index contributed by atoms with van der Waals surface area (Å²) in [5.74, 6) is -0.350. The predicted octanol–water partition coefficient (Wildman–Crippen LogP) is 5.16. The molecule has 0 aliphatic heterocycles. The minimum atomic E-state index is -3.98. The van der Waals surface area contributed by atoms with Gasteiger partial charge in [-0.15, -0.1) is 0 Å². The van der Waals surface area contributed by atoms with Crippen molar-refractivity contribution in [1.82, 2.24) is 4.98 Å². The number of aromatic nitrogens is 1. The van der Waals surface area contributed by atoms with Crippen molar-refractivity contribution < 1.29 is 22.7 Å². The van der Waals surface area contributed by atoms with Crippen LogP contribution in [0.5, 0.6) is 11.5 Å². The van der Waals surface area contributed by atoms with Gasteiger partial charge in [0.25, 0.3) is 10.0 Å². The zero-order valence-electron chi connectivity index (χ0n) is 15.6. The van der Waals surface area contributed by atoms with E-state index in [0.29, 0.717) is 15.7 Å². The highest BCUT2D eigenvalue weighted by Crippen LogP contribution is 2.30. The lowest BCUT2D eigenvalue weighted by Crippen LogP contribution is -2.15. The van der Waals surface area contributed by atoms with Crippen molar-refractivity contribution >= 4 is 44.9 Å². The van der Waals surface area contributed by atoms with E-state index in [1.165, 1.54) is 48.8 Å². The van der Waals surface area contributed by atoms with Crippen molar-refractivity contribution in [3.63, 3.8) is 0 Å². The molecule has 0 aliphatic rings. The Kier molecular flexibility index (Phi) is 6.81. The minimum absolute atomic E-state index is 0.0594. The Labute approximate surface area is 183 Å².